The second-order valence-electron chi connectivity index (χ2n) is 15.3. The topological polar surface area (TPSA) is 16.3 Å². The maximum atomic E-state index is 2.50. The van der Waals surface area contributed by atoms with Crippen LogP contribution in [0.15, 0.2) is 231 Å². The highest BCUT2D eigenvalue weighted by Gasteiger charge is 2.31. The average molecular weight is 767 g/mol. The lowest BCUT2D eigenvalue weighted by Gasteiger charge is -2.40. The van der Waals surface area contributed by atoms with Gasteiger partial charge in [0.2, 0.25) is 0 Å². The monoisotopic (exact) mass is 766 g/mol. The number of benzene rings is 9. The molecule has 12 rings (SSSR count). The lowest BCUT2D eigenvalue weighted by Crippen LogP contribution is -2.23. The summed E-state index contributed by atoms with van der Waals surface area (Å²) in [6.45, 7) is 0. The molecule has 3 heterocycles. The van der Waals surface area contributed by atoms with Crippen molar-refractivity contribution in [2.75, 3.05) is 9.80 Å². The van der Waals surface area contributed by atoms with Crippen molar-refractivity contribution in [3.05, 3.63) is 231 Å². The highest BCUT2D eigenvalue weighted by atomic mass is 15.3. The third-order valence-corrected chi connectivity index (χ3v) is 12.0. The number of hydrogen-bond donors (Lipinski definition) is 0. The van der Waals surface area contributed by atoms with Gasteiger partial charge in [-0.15, -0.1) is 0 Å². The van der Waals surface area contributed by atoms with Crippen molar-refractivity contribution in [3.8, 4) is 33.8 Å². The summed E-state index contributed by atoms with van der Waals surface area (Å²) >= 11 is 0. The van der Waals surface area contributed by atoms with Gasteiger partial charge in [0.25, 0.3) is 0 Å². The molecule has 0 bridgehead atoms. The third kappa shape index (κ3) is 5.18. The molecule has 0 spiro atoms. The maximum Gasteiger partial charge on any atom is 0.0789 e. The minimum Gasteiger partial charge on any atom is -0.307 e. The molecule has 60 heavy (non-hydrogen) atoms. The Bertz CT molecular complexity index is 3320. The van der Waals surface area contributed by atoms with Crippen molar-refractivity contribution in [1.82, 2.24) is 9.13 Å². The largest absolute Gasteiger partial charge is 0.307 e. The van der Waals surface area contributed by atoms with Crippen molar-refractivity contribution in [1.29, 1.82) is 0 Å². The van der Waals surface area contributed by atoms with E-state index in [-0.39, 0.29) is 0 Å². The number of hydrogen-bond acceptors (Lipinski definition) is 2. The molecule has 11 aromatic rings. The highest BCUT2D eigenvalue weighted by Crippen LogP contribution is 2.54. The molecule has 0 N–H and O–H groups in total. The Hall–Kier alpha value is -8.08. The molecular weight excluding hydrogens is 729 g/mol. The molecule has 0 radical (unpaired) electrons. The SMILES string of the molecule is c1ccc(-c2c(-c3ccccc3)n(-c3ccccc3)c3c2ccc2c4ccccc4n(-c4cccc(N5c6ccccc6N(c6ccccc6)c6ccccc65)c4)c23)cc1. The van der Waals surface area contributed by atoms with E-state index in [0.29, 0.717) is 0 Å². The van der Waals surface area contributed by atoms with Gasteiger partial charge < -0.3 is 18.9 Å². The van der Waals surface area contributed by atoms with E-state index in [1.807, 2.05) is 0 Å². The Morgan fingerprint density at radius 2 is 0.717 bits per heavy atom. The van der Waals surface area contributed by atoms with Crippen LogP contribution in [0.5, 0.6) is 0 Å². The molecule has 9 aromatic carbocycles. The van der Waals surface area contributed by atoms with Crippen molar-refractivity contribution in [3.63, 3.8) is 0 Å². The van der Waals surface area contributed by atoms with Gasteiger partial charge in [-0.2, -0.15) is 0 Å². The predicted octanol–water partition coefficient (Wildman–Crippen LogP) is 15.3. The summed E-state index contributed by atoms with van der Waals surface area (Å²) in [4.78, 5) is 4.80. The molecule has 282 valence electrons. The molecule has 4 nitrogen and oxygen atoms in total. The van der Waals surface area contributed by atoms with Crippen LogP contribution in [0.3, 0.4) is 0 Å². The van der Waals surface area contributed by atoms with E-state index in [1.165, 1.54) is 49.6 Å². The number of nitrogens with zero attached hydrogens (tertiary/aromatic N) is 4. The molecule has 0 amide bonds. The van der Waals surface area contributed by atoms with Gasteiger partial charge in [0.1, 0.15) is 0 Å². The quantitative estimate of drug-likeness (QED) is 0.168. The number of rotatable bonds is 6. The van der Waals surface area contributed by atoms with Crippen LogP contribution in [0.1, 0.15) is 0 Å². The zero-order chi connectivity index (χ0) is 39.6. The smallest absolute Gasteiger partial charge is 0.0789 e. The summed E-state index contributed by atoms with van der Waals surface area (Å²) in [6, 6.07) is 83.4. The Kier molecular flexibility index (Phi) is 7.82. The summed E-state index contributed by atoms with van der Waals surface area (Å²) in [7, 11) is 0. The van der Waals surface area contributed by atoms with Gasteiger partial charge >= 0.3 is 0 Å². The summed E-state index contributed by atoms with van der Waals surface area (Å²) in [5, 5.41) is 3.64. The van der Waals surface area contributed by atoms with E-state index in [4.69, 9.17) is 0 Å². The lowest BCUT2D eigenvalue weighted by molar-refractivity contribution is 1.12. The van der Waals surface area contributed by atoms with Crippen molar-refractivity contribution >= 4 is 66.8 Å². The standard InChI is InChI=1S/C56H38N4/c1-5-20-39(21-6-1)53-47-37-36-46-45-30-13-14-31-48(45)59(55(46)56(47)60(42-26-11-4-12-27-42)54(53)40-22-7-2-8-23-40)44-29-19-28-43(38-44)58-51-34-17-15-32-49(51)57(41-24-9-3-10-25-41)50-33-16-18-35-52(50)58/h1-38H. The molecule has 1 aliphatic heterocycles. The van der Waals surface area contributed by atoms with Crippen LogP contribution in [0.2, 0.25) is 0 Å². The molecule has 2 aromatic heterocycles. The van der Waals surface area contributed by atoms with Gasteiger partial charge in [-0.25, -0.2) is 0 Å². The van der Waals surface area contributed by atoms with Gasteiger partial charge in [-0.05, 0) is 83.9 Å². The fourth-order valence-electron chi connectivity index (χ4n) is 9.54. The van der Waals surface area contributed by atoms with Gasteiger partial charge in [0, 0.05) is 44.5 Å². The van der Waals surface area contributed by atoms with E-state index < -0.39 is 0 Å². The first-order chi connectivity index (χ1) is 29.8. The fourth-order valence-corrected chi connectivity index (χ4v) is 9.54. The molecule has 0 saturated heterocycles. The van der Waals surface area contributed by atoms with Crippen LogP contribution < -0.4 is 9.80 Å². The zero-order valence-corrected chi connectivity index (χ0v) is 32.7. The molecule has 0 fully saturated rings. The van der Waals surface area contributed by atoms with Crippen LogP contribution in [0.4, 0.5) is 34.1 Å². The highest BCUT2D eigenvalue weighted by molar-refractivity contribution is 6.22. The first-order valence-electron chi connectivity index (χ1n) is 20.5. The van der Waals surface area contributed by atoms with Crippen LogP contribution in [-0.2, 0) is 0 Å². The van der Waals surface area contributed by atoms with Gasteiger partial charge in [-0.3, -0.25) is 0 Å². The van der Waals surface area contributed by atoms with Gasteiger partial charge in [0.15, 0.2) is 0 Å². The van der Waals surface area contributed by atoms with Crippen LogP contribution >= 0.6 is 0 Å². The van der Waals surface area contributed by atoms with Crippen molar-refractivity contribution < 1.29 is 0 Å². The molecule has 1 aliphatic rings. The molecule has 0 atom stereocenters. The second kappa shape index (κ2) is 13.8. The van der Waals surface area contributed by atoms with Crippen molar-refractivity contribution in [2.24, 2.45) is 0 Å². The second-order valence-corrected chi connectivity index (χ2v) is 15.3. The molecule has 0 aliphatic carbocycles. The van der Waals surface area contributed by atoms with E-state index in [0.717, 1.165) is 51.0 Å². The average Bonchev–Trinajstić information content (AvgIpc) is 3.85. The van der Waals surface area contributed by atoms with Gasteiger partial charge in [-0.1, -0.05) is 158 Å². The molecule has 4 heteroatoms. The number of fused-ring (bicyclic) bond motifs is 7. The number of anilines is 6. The normalized spacial score (nSPS) is 12.3. The summed E-state index contributed by atoms with van der Waals surface area (Å²) in [6.07, 6.45) is 0. The maximum absolute atomic E-state index is 2.50. The number of para-hydroxylation sites is 7. The van der Waals surface area contributed by atoms with Crippen LogP contribution in [0.25, 0.3) is 66.5 Å². The lowest BCUT2D eigenvalue weighted by atomic mass is 9.98. The zero-order valence-electron chi connectivity index (χ0n) is 32.7. The van der Waals surface area contributed by atoms with E-state index in [9.17, 15) is 0 Å². The Labute approximate surface area is 348 Å². The molecule has 0 saturated carbocycles. The summed E-state index contributed by atoms with van der Waals surface area (Å²) in [5.41, 5.74) is 17.2. The van der Waals surface area contributed by atoms with E-state index in [2.05, 4.69) is 249 Å². The minimum absolute atomic E-state index is 1.09. The summed E-state index contributed by atoms with van der Waals surface area (Å²) < 4.78 is 5.00. The fraction of sp³-hybridized carbons (Fsp3) is 0. The molecule has 0 unspecified atom stereocenters. The van der Waals surface area contributed by atoms with Gasteiger partial charge in [0.05, 0.1) is 45.0 Å². The Morgan fingerprint density at radius 3 is 1.35 bits per heavy atom. The van der Waals surface area contributed by atoms with E-state index >= 15 is 0 Å². The van der Waals surface area contributed by atoms with Crippen LogP contribution in [-0.4, -0.2) is 9.13 Å². The molecular formula is C56H38N4. The summed E-state index contributed by atoms with van der Waals surface area (Å²) in [5.74, 6) is 0. The Morgan fingerprint density at radius 1 is 0.267 bits per heavy atom. The number of aromatic nitrogens is 2. The van der Waals surface area contributed by atoms with Crippen molar-refractivity contribution in [2.45, 2.75) is 0 Å². The first kappa shape index (κ1) is 34.0. The predicted molar refractivity (Wildman–Crippen MR) is 251 cm³/mol. The first-order valence-corrected chi connectivity index (χ1v) is 20.5. The third-order valence-electron chi connectivity index (χ3n) is 12.0. The minimum atomic E-state index is 1.09. The van der Waals surface area contributed by atoms with E-state index in [1.54, 1.807) is 0 Å². The Balaban J connectivity index is 1.17. The van der Waals surface area contributed by atoms with Crippen LogP contribution in [0, 0.1) is 0 Å².